The summed E-state index contributed by atoms with van der Waals surface area (Å²) in [7, 11) is 0. The van der Waals surface area contributed by atoms with E-state index in [0.29, 0.717) is 5.92 Å². The molecule has 3 aromatic rings. The summed E-state index contributed by atoms with van der Waals surface area (Å²) in [6.45, 7) is 5.00. The molecular formula is C19H22N6S. The number of thiazole rings is 1. The van der Waals surface area contributed by atoms with Crippen molar-refractivity contribution in [3.05, 3.63) is 58.6 Å². The van der Waals surface area contributed by atoms with Gasteiger partial charge in [0.2, 0.25) is 0 Å². The Morgan fingerprint density at radius 1 is 1.23 bits per heavy atom. The zero-order chi connectivity index (χ0) is 17.8. The van der Waals surface area contributed by atoms with Gasteiger partial charge >= 0.3 is 0 Å². The topological polar surface area (TPSA) is 66.8 Å². The second kappa shape index (κ2) is 7.88. The Bertz CT molecular complexity index is 837. The first-order valence-corrected chi connectivity index (χ1v) is 9.83. The smallest absolute Gasteiger partial charge is 0.135 e. The molecule has 0 bridgehead atoms. The van der Waals surface area contributed by atoms with Gasteiger partial charge in [-0.05, 0) is 38.4 Å². The number of likely N-dealkylation sites (tertiary alicyclic amines) is 1. The zero-order valence-electron chi connectivity index (χ0n) is 14.8. The van der Waals surface area contributed by atoms with E-state index in [2.05, 4.69) is 36.6 Å². The molecule has 0 radical (unpaired) electrons. The average molecular weight is 366 g/mol. The van der Waals surface area contributed by atoms with Crippen molar-refractivity contribution in [2.24, 2.45) is 0 Å². The summed E-state index contributed by atoms with van der Waals surface area (Å²) in [5, 5.41) is 5.42. The van der Waals surface area contributed by atoms with Crippen molar-refractivity contribution in [2.45, 2.75) is 32.2 Å². The van der Waals surface area contributed by atoms with Gasteiger partial charge in [-0.25, -0.2) is 19.9 Å². The van der Waals surface area contributed by atoms with Crippen molar-refractivity contribution in [2.75, 3.05) is 18.4 Å². The summed E-state index contributed by atoms with van der Waals surface area (Å²) in [4.78, 5) is 20.4. The highest BCUT2D eigenvalue weighted by atomic mass is 32.1. The number of nitrogens with zero attached hydrogens (tertiary/aromatic N) is 5. The van der Waals surface area contributed by atoms with E-state index in [4.69, 9.17) is 4.98 Å². The molecule has 134 valence electrons. The van der Waals surface area contributed by atoms with Crippen molar-refractivity contribution >= 4 is 23.0 Å². The van der Waals surface area contributed by atoms with Crippen molar-refractivity contribution in [3.63, 3.8) is 0 Å². The van der Waals surface area contributed by atoms with Gasteiger partial charge < -0.3 is 5.32 Å². The van der Waals surface area contributed by atoms with E-state index in [1.165, 1.54) is 6.42 Å². The van der Waals surface area contributed by atoms with Crippen LogP contribution in [0.3, 0.4) is 0 Å². The van der Waals surface area contributed by atoms with Crippen LogP contribution >= 0.6 is 11.3 Å². The first-order valence-electron chi connectivity index (χ1n) is 8.89. The van der Waals surface area contributed by atoms with Crippen LogP contribution in [0, 0.1) is 6.92 Å². The van der Waals surface area contributed by atoms with Gasteiger partial charge in [0, 0.05) is 36.7 Å². The van der Waals surface area contributed by atoms with Crippen LogP contribution < -0.4 is 5.32 Å². The lowest BCUT2D eigenvalue weighted by atomic mass is 9.94. The number of pyridine rings is 1. The quantitative estimate of drug-likeness (QED) is 0.742. The third-order valence-electron chi connectivity index (χ3n) is 4.57. The lowest BCUT2D eigenvalue weighted by Crippen LogP contribution is -2.34. The van der Waals surface area contributed by atoms with E-state index in [1.54, 1.807) is 17.5 Å². The zero-order valence-corrected chi connectivity index (χ0v) is 15.6. The van der Waals surface area contributed by atoms with Crippen LogP contribution in [-0.4, -0.2) is 37.9 Å². The normalized spacial score (nSPS) is 18.0. The molecule has 1 aliphatic heterocycles. The molecule has 1 atom stereocenters. The Balaban J connectivity index is 1.49. The van der Waals surface area contributed by atoms with Gasteiger partial charge in [0.1, 0.15) is 17.5 Å². The van der Waals surface area contributed by atoms with E-state index >= 15 is 0 Å². The van der Waals surface area contributed by atoms with Crippen molar-refractivity contribution in [3.8, 4) is 0 Å². The molecule has 3 aromatic heterocycles. The fourth-order valence-electron chi connectivity index (χ4n) is 3.42. The van der Waals surface area contributed by atoms with Crippen molar-refractivity contribution in [1.29, 1.82) is 0 Å². The number of aromatic nitrogens is 4. The summed E-state index contributed by atoms with van der Waals surface area (Å²) in [6, 6.07) is 7.87. The second-order valence-corrected chi connectivity index (χ2v) is 7.34. The summed E-state index contributed by atoms with van der Waals surface area (Å²) in [5.41, 5.74) is 4.17. The second-order valence-electron chi connectivity index (χ2n) is 6.62. The summed E-state index contributed by atoms with van der Waals surface area (Å²) < 4.78 is 0. The SMILES string of the molecule is Cc1nc(Nc2ccccn2)cc([C@H]2CCCN(Cc3cscn3)C2)n1. The van der Waals surface area contributed by atoms with Crippen LogP contribution in [0.4, 0.5) is 11.6 Å². The van der Waals surface area contributed by atoms with E-state index in [9.17, 15) is 0 Å². The number of hydrogen-bond acceptors (Lipinski definition) is 7. The molecule has 4 heterocycles. The van der Waals surface area contributed by atoms with Crippen LogP contribution in [0.5, 0.6) is 0 Å². The number of hydrogen-bond donors (Lipinski definition) is 1. The molecule has 6 nitrogen and oxygen atoms in total. The van der Waals surface area contributed by atoms with E-state index < -0.39 is 0 Å². The largest absolute Gasteiger partial charge is 0.325 e. The van der Waals surface area contributed by atoms with Gasteiger partial charge in [-0.15, -0.1) is 11.3 Å². The molecule has 4 rings (SSSR count). The van der Waals surface area contributed by atoms with Gasteiger partial charge in [0.05, 0.1) is 16.9 Å². The Morgan fingerprint density at radius 2 is 2.19 bits per heavy atom. The first kappa shape index (κ1) is 17.1. The predicted molar refractivity (Wildman–Crippen MR) is 104 cm³/mol. The minimum atomic E-state index is 0.424. The highest BCUT2D eigenvalue weighted by Gasteiger charge is 2.23. The highest BCUT2D eigenvalue weighted by Crippen LogP contribution is 2.28. The van der Waals surface area contributed by atoms with Crippen LogP contribution in [0.2, 0.25) is 0 Å². The molecule has 0 aliphatic carbocycles. The molecule has 0 spiro atoms. The van der Waals surface area contributed by atoms with Crippen LogP contribution in [0.15, 0.2) is 41.4 Å². The Kier molecular flexibility index (Phi) is 5.17. The lowest BCUT2D eigenvalue weighted by molar-refractivity contribution is 0.196. The third kappa shape index (κ3) is 4.23. The Hall–Kier alpha value is -2.38. The maximum atomic E-state index is 4.72. The summed E-state index contributed by atoms with van der Waals surface area (Å²) in [5.74, 6) is 2.82. The van der Waals surface area contributed by atoms with Gasteiger partial charge in [0.25, 0.3) is 0 Å². The Morgan fingerprint density at radius 3 is 3.00 bits per heavy atom. The maximum Gasteiger partial charge on any atom is 0.135 e. The molecular weight excluding hydrogens is 344 g/mol. The molecule has 7 heteroatoms. The van der Waals surface area contributed by atoms with E-state index in [-0.39, 0.29) is 0 Å². The predicted octanol–water partition coefficient (Wildman–Crippen LogP) is 3.76. The number of nitrogens with one attached hydrogen (secondary N) is 1. The highest BCUT2D eigenvalue weighted by molar-refractivity contribution is 7.07. The minimum Gasteiger partial charge on any atom is -0.325 e. The van der Waals surface area contributed by atoms with Crippen LogP contribution in [0.1, 0.15) is 36.0 Å². The molecule has 1 saturated heterocycles. The molecule has 1 N–H and O–H groups in total. The fraction of sp³-hybridized carbons (Fsp3) is 0.368. The average Bonchev–Trinajstić information content (AvgIpc) is 3.15. The molecule has 1 aliphatic rings. The molecule has 0 amide bonds. The third-order valence-corrected chi connectivity index (χ3v) is 5.21. The molecule has 0 saturated carbocycles. The van der Waals surface area contributed by atoms with Gasteiger partial charge in [-0.1, -0.05) is 6.07 Å². The fourth-order valence-corrected chi connectivity index (χ4v) is 3.97. The van der Waals surface area contributed by atoms with E-state index in [0.717, 1.165) is 54.9 Å². The van der Waals surface area contributed by atoms with Gasteiger partial charge in [0.15, 0.2) is 0 Å². The number of anilines is 2. The minimum absolute atomic E-state index is 0.424. The number of rotatable bonds is 5. The van der Waals surface area contributed by atoms with Gasteiger partial charge in [-0.2, -0.15) is 0 Å². The molecule has 0 unspecified atom stereocenters. The van der Waals surface area contributed by atoms with Crippen molar-refractivity contribution < 1.29 is 0 Å². The standard InChI is InChI=1S/C19H22N6S/c1-14-22-17(9-19(23-14)24-18-6-2-3-7-20-18)15-5-4-8-25(10-15)11-16-12-26-13-21-16/h2-3,6-7,9,12-13,15H,4-5,8,10-11H2,1H3,(H,20,22,23,24)/t15-/m0/s1. The molecule has 26 heavy (non-hydrogen) atoms. The summed E-state index contributed by atoms with van der Waals surface area (Å²) in [6.07, 6.45) is 4.11. The first-order chi connectivity index (χ1) is 12.8. The van der Waals surface area contributed by atoms with Gasteiger partial charge in [-0.3, -0.25) is 4.90 Å². The summed E-state index contributed by atoms with van der Waals surface area (Å²) >= 11 is 1.66. The lowest BCUT2D eigenvalue weighted by Gasteiger charge is -2.32. The Labute approximate surface area is 157 Å². The van der Waals surface area contributed by atoms with Crippen LogP contribution in [0.25, 0.3) is 0 Å². The van der Waals surface area contributed by atoms with Crippen LogP contribution in [-0.2, 0) is 6.54 Å². The number of aryl methyl sites for hydroxylation is 1. The van der Waals surface area contributed by atoms with E-state index in [1.807, 2.05) is 30.6 Å². The van der Waals surface area contributed by atoms with Crippen molar-refractivity contribution in [1.82, 2.24) is 24.8 Å². The number of piperidine rings is 1. The monoisotopic (exact) mass is 366 g/mol. The molecule has 0 aromatic carbocycles. The maximum absolute atomic E-state index is 4.72. The molecule has 1 fully saturated rings.